The number of benzene rings is 2. The largest absolute Gasteiger partial charge is 0.490 e. The molecule has 3 aromatic rings. The van der Waals surface area contributed by atoms with Crippen LogP contribution in [0.25, 0.3) is 5.69 Å². The highest BCUT2D eigenvalue weighted by Gasteiger charge is 2.38. The molecule has 1 fully saturated rings. The second-order valence-electron chi connectivity index (χ2n) is 7.77. The predicted molar refractivity (Wildman–Crippen MR) is 121 cm³/mol. The number of nitrogens with zero attached hydrogens (tertiary/aromatic N) is 4. The topological polar surface area (TPSA) is 98.9 Å². The quantitative estimate of drug-likeness (QED) is 0.571. The smallest absolute Gasteiger partial charge is 0.475 e. The minimum Gasteiger partial charge on any atom is -0.475 e. The third-order valence-electron chi connectivity index (χ3n) is 5.47. The Hall–Kier alpha value is -3.70. The zero-order chi connectivity index (χ0) is 25.4. The zero-order valence-electron chi connectivity index (χ0n) is 18.7. The van der Waals surface area contributed by atoms with Gasteiger partial charge in [0.05, 0.1) is 17.9 Å². The van der Waals surface area contributed by atoms with Gasteiger partial charge in [0, 0.05) is 45.1 Å². The van der Waals surface area contributed by atoms with Gasteiger partial charge in [0.2, 0.25) is 0 Å². The van der Waals surface area contributed by atoms with Crippen LogP contribution in [0.5, 0.6) is 0 Å². The number of halogens is 3. The number of para-hydroxylation sites is 1. The van der Waals surface area contributed by atoms with Gasteiger partial charge in [0.15, 0.2) is 0 Å². The monoisotopic (exact) mass is 490 g/mol. The number of hydrogen-bond acceptors (Lipinski definition) is 5. The average molecular weight is 490 g/mol. The molecule has 2 N–H and O–H groups in total. The Morgan fingerprint density at radius 3 is 2.09 bits per heavy atom. The van der Waals surface area contributed by atoms with Crippen molar-refractivity contribution in [3.05, 3.63) is 83.7 Å². The minimum atomic E-state index is -5.08. The highest BCUT2D eigenvalue weighted by molar-refractivity contribution is 5.97. The second-order valence-corrected chi connectivity index (χ2v) is 7.77. The first-order valence-electron chi connectivity index (χ1n) is 10.8. The summed E-state index contributed by atoms with van der Waals surface area (Å²) >= 11 is 0. The molecule has 186 valence electrons. The van der Waals surface area contributed by atoms with E-state index in [4.69, 9.17) is 9.90 Å². The molecule has 35 heavy (non-hydrogen) atoms. The SMILES string of the molecule is O=C(O)C(F)(F)F.O=C(c1ccccc1-n1cccn1)N1CCN(Cc2ccccc2CO)CC1. The Morgan fingerprint density at radius 1 is 0.914 bits per heavy atom. The molecule has 4 rings (SSSR count). The molecule has 2 aromatic carbocycles. The number of alkyl halides is 3. The number of amides is 1. The lowest BCUT2D eigenvalue weighted by Gasteiger charge is -2.35. The molecular formula is C24H25F3N4O4. The maximum Gasteiger partial charge on any atom is 0.490 e. The number of carbonyl (C=O) groups is 2. The van der Waals surface area contributed by atoms with E-state index in [1.807, 2.05) is 59.6 Å². The van der Waals surface area contributed by atoms with Crippen LogP contribution in [-0.2, 0) is 17.9 Å². The van der Waals surface area contributed by atoms with Crippen molar-refractivity contribution in [1.29, 1.82) is 0 Å². The molecule has 1 aliphatic rings. The number of rotatable bonds is 5. The Morgan fingerprint density at radius 2 is 1.51 bits per heavy atom. The molecule has 8 nitrogen and oxygen atoms in total. The van der Waals surface area contributed by atoms with E-state index in [0.717, 1.165) is 36.4 Å². The third kappa shape index (κ3) is 6.90. The van der Waals surface area contributed by atoms with E-state index in [1.165, 1.54) is 0 Å². The standard InChI is InChI=1S/C22H24N4O2.C2HF3O2/c27-17-19-7-2-1-6-18(19)16-24-12-14-25(15-13-24)22(28)20-8-3-4-9-21(20)26-11-5-10-23-26;3-2(4,5)1(6)7/h1-11,27H,12-17H2;(H,6,7). The summed E-state index contributed by atoms with van der Waals surface area (Å²) in [4.78, 5) is 26.3. The molecule has 0 saturated carbocycles. The number of aliphatic hydroxyl groups excluding tert-OH is 1. The van der Waals surface area contributed by atoms with E-state index < -0.39 is 12.1 Å². The molecule has 0 radical (unpaired) electrons. The van der Waals surface area contributed by atoms with Crippen LogP contribution < -0.4 is 0 Å². The van der Waals surface area contributed by atoms with Crippen molar-refractivity contribution in [3.8, 4) is 5.69 Å². The molecule has 1 amide bonds. The van der Waals surface area contributed by atoms with Crippen LogP contribution in [0.1, 0.15) is 21.5 Å². The van der Waals surface area contributed by atoms with Crippen LogP contribution in [0.15, 0.2) is 67.0 Å². The van der Waals surface area contributed by atoms with Crippen LogP contribution in [0, 0.1) is 0 Å². The van der Waals surface area contributed by atoms with Gasteiger partial charge in [0.25, 0.3) is 5.91 Å². The van der Waals surface area contributed by atoms with E-state index in [0.29, 0.717) is 18.7 Å². The Labute approximate surface area is 199 Å². The van der Waals surface area contributed by atoms with Crippen molar-refractivity contribution in [1.82, 2.24) is 19.6 Å². The van der Waals surface area contributed by atoms with Gasteiger partial charge in [-0.2, -0.15) is 18.3 Å². The number of aliphatic hydroxyl groups is 1. The Bertz CT molecular complexity index is 1130. The lowest BCUT2D eigenvalue weighted by molar-refractivity contribution is -0.192. The van der Waals surface area contributed by atoms with Crippen LogP contribution in [-0.4, -0.2) is 74.0 Å². The summed E-state index contributed by atoms with van der Waals surface area (Å²) in [7, 11) is 0. The van der Waals surface area contributed by atoms with E-state index >= 15 is 0 Å². The Balaban J connectivity index is 0.000000429. The van der Waals surface area contributed by atoms with Crippen LogP contribution in [0.2, 0.25) is 0 Å². The van der Waals surface area contributed by atoms with Gasteiger partial charge >= 0.3 is 12.1 Å². The number of piperazine rings is 1. The number of aliphatic carboxylic acids is 1. The van der Waals surface area contributed by atoms with Crippen molar-refractivity contribution < 1.29 is 33.0 Å². The molecule has 0 spiro atoms. The molecule has 1 aromatic heterocycles. The van der Waals surface area contributed by atoms with E-state index in [-0.39, 0.29) is 12.5 Å². The lowest BCUT2D eigenvalue weighted by atomic mass is 10.1. The zero-order valence-corrected chi connectivity index (χ0v) is 18.7. The van der Waals surface area contributed by atoms with Gasteiger partial charge in [-0.15, -0.1) is 0 Å². The van der Waals surface area contributed by atoms with Gasteiger partial charge in [0.1, 0.15) is 0 Å². The molecule has 11 heteroatoms. The molecule has 2 heterocycles. The van der Waals surface area contributed by atoms with Crippen molar-refractivity contribution in [2.24, 2.45) is 0 Å². The molecule has 1 aliphatic heterocycles. The van der Waals surface area contributed by atoms with Gasteiger partial charge in [-0.1, -0.05) is 36.4 Å². The van der Waals surface area contributed by atoms with Crippen molar-refractivity contribution in [2.45, 2.75) is 19.3 Å². The summed E-state index contributed by atoms with van der Waals surface area (Å²) < 4.78 is 33.5. The predicted octanol–water partition coefficient (Wildman–Crippen LogP) is 2.96. The number of hydrogen-bond donors (Lipinski definition) is 2. The molecule has 0 aliphatic carbocycles. The maximum absolute atomic E-state index is 13.1. The summed E-state index contributed by atoms with van der Waals surface area (Å²) in [6, 6.07) is 17.4. The van der Waals surface area contributed by atoms with E-state index in [1.54, 1.807) is 10.9 Å². The number of carboxylic acid groups (broad SMARTS) is 1. The van der Waals surface area contributed by atoms with Gasteiger partial charge in [-0.3, -0.25) is 9.69 Å². The first-order valence-corrected chi connectivity index (χ1v) is 10.8. The molecule has 0 atom stereocenters. The fourth-order valence-corrected chi connectivity index (χ4v) is 3.65. The highest BCUT2D eigenvalue weighted by Crippen LogP contribution is 2.18. The maximum atomic E-state index is 13.1. The minimum absolute atomic E-state index is 0.0431. The van der Waals surface area contributed by atoms with Gasteiger partial charge in [-0.05, 0) is 29.3 Å². The molecular weight excluding hydrogens is 465 g/mol. The number of carboxylic acids is 1. The van der Waals surface area contributed by atoms with Crippen molar-refractivity contribution in [3.63, 3.8) is 0 Å². The highest BCUT2D eigenvalue weighted by atomic mass is 19.4. The number of carbonyl (C=O) groups excluding carboxylic acids is 1. The van der Waals surface area contributed by atoms with Crippen LogP contribution in [0.3, 0.4) is 0 Å². The van der Waals surface area contributed by atoms with E-state index in [9.17, 15) is 23.1 Å². The summed E-state index contributed by atoms with van der Waals surface area (Å²) in [5.74, 6) is -2.71. The van der Waals surface area contributed by atoms with E-state index in [2.05, 4.69) is 16.1 Å². The van der Waals surface area contributed by atoms with Crippen molar-refractivity contribution in [2.75, 3.05) is 26.2 Å². The third-order valence-corrected chi connectivity index (χ3v) is 5.47. The van der Waals surface area contributed by atoms with Crippen LogP contribution >= 0.6 is 0 Å². The fraction of sp³-hybridized carbons (Fsp3) is 0.292. The van der Waals surface area contributed by atoms with Crippen molar-refractivity contribution >= 4 is 11.9 Å². The van der Waals surface area contributed by atoms with Gasteiger partial charge in [-0.25, -0.2) is 9.48 Å². The normalized spacial score (nSPS) is 14.2. The first-order chi connectivity index (χ1) is 16.7. The fourth-order valence-electron chi connectivity index (χ4n) is 3.65. The first kappa shape index (κ1) is 25.9. The molecule has 1 saturated heterocycles. The average Bonchev–Trinajstić information content (AvgIpc) is 3.39. The summed E-state index contributed by atoms with van der Waals surface area (Å²) in [5, 5.41) is 20.9. The Kier molecular flexibility index (Phi) is 8.61. The summed E-state index contributed by atoms with van der Waals surface area (Å²) in [6.45, 7) is 3.85. The molecule has 0 bridgehead atoms. The summed E-state index contributed by atoms with van der Waals surface area (Å²) in [6.07, 6.45) is -1.52. The molecule has 0 unspecified atom stereocenters. The van der Waals surface area contributed by atoms with Gasteiger partial charge < -0.3 is 15.1 Å². The second kappa shape index (κ2) is 11.6. The lowest BCUT2D eigenvalue weighted by Crippen LogP contribution is -2.48. The van der Waals surface area contributed by atoms with Crippen LogP contribution in [0.4, 0.5) is 13.2 Å². The number of aromatic nitrogens is 2. The summed E-state index contributed by atoms with van der Waals surface area (Å²) in [5.41, 5.74) is 3.59.